The third-order valence-corrected chi connectivity index (χ3v) is 1.70. The summed E-state index contributed by atoms with van der Waals surface area (Å²) in [7, 11) is 1.86. The van der Waals surface area contributed by atoms with Crippen LogP contribution in [0.25, 0.3) is 11.0 Å². The van der Waals surface area contributed by atoms with Crippen LogP contribution in [0.2, 0.25) is 0 Å². The molecule has 0 spiro atoms. The van der Waals surface area contributed by atoms with Crippen molar-refractivity contribution in [3.05, 3.63) is 30.3 Å². The van der Waals surface area contributed by atoms with Crippen molar-refractivity contribution < 1.29 is 4.39 Å². The van der Waals surface area contributed by atoms with E-state index in [1.54, 1.807) is 0 Å². The molecular weight excluding hydrogens is 143 g/mol. The van der Waals surface area contributed by atoms with Gasteiger partial charge in [-0.05, 0) is 6.07 Å². The molecule has 2 aromatic heterocycles. The highest BCUT2D eigenvalue weighted by Gasteiger charge is 1.98. The Hall–Kier alpha value is -1.38. The molecule has 0 radical (unpaired) electrons. The Labute approximate surface area is 63.3 Å². The predicted octanol–water partition coefficient (Wildman–Crippen LogP) is 1.71. The summed E-state index contributed by atoms with van der Waals surface area (Å²) in [6.45, 7) is 0. The molecule has 0 aliphatic rings. The number of aromatic nitrogens is 2. The van der Waals surface area contributed by atoms with Crippen LogP contribution in [0.3, 0.4) is 0 Å². The molecule has 0 aliphatic heterocycles. The fourth-order valence-corrected chi connectivity index (χ4v) is 1.11. The predicted molar refractivity (Wildman–Crippen MR) is 40.7 cm³/mol. The van der Waals surface area contributed by atoms with Crippen LogP contribution in [-0.4, -0.2) is 9.55 Å². The fourth-order valence-electron chi connectivity index (χ4n) is 1.11. The first kappa shape index (κ1) is 6.34. The summed E-state index contributed by atoms with van der Waals surface area (Å²) in [6.07, 6.45) is 3.08. The molecule has 0 N–H and O–H groups in total. The van der Waals surface area contributed by atoms with Crippen LogP contribution in [0, 0.1) is 5.82 Å². The monoisotopic (exact) mass is 150 g/mol. The van der Waals surface area contributed by atoms with Crippen LogP contribution in [0.5, 0.6) is 0 Å². The lowest BCUT2D eigenvalue weighted by Gasteiger charge is -1.93. The van der Waals surface area contributed by atoms with Crippen molar-refractivity contribution in [3.63, 3.8) is 0 Å². The molecule has 0 bridgehead atoms. The number of fused-ring (bicyclic) bond motifs is 1. The number of aryl methyl sites for hydroxylation is 1. The summed E-state index contributed by atoms with van der Waals surface area (Å²) in [5, 5.41) is 0. The Morgan fingerprint density at radius 2 is 2.36 bits per heavy atom. The molecule has 2 heterocycles. The molecule has 0 aliphatic carbocycles. The van der Waals surface area contributed by atoms with E-state index >= 15 is 0 Å². The molecular formula is C8H7FN2. The minimum absolute atomic E-state index is 0.292. The third kappa shape index (κ3) is 0.888. The zero-order valence-corrected chi connectivity index (χ0v) is 6.08. The van der Waals surface area contributed by atoms with Crippen LogP contribution in [0.1, 0.15) is 0 Å². The van der Waals surface area contributed by atoms with E-state index in [4.69, 9.17) is 0 Å². The van der Waals surface area contributed by atoms with Gasteiger partial charge < -0.3 is 4.57 Å². The summed E-state index contributed by atoms with van der Waals surface area (Å²) in [5.74, 6) is -0.292. The Balaban J connectivity index is 2.87. The summed E-state index contributed by atoms with van der Waals surface area (Å²) in [6, 6.07) is 3.33. The highest BCUT2D eigenvalue weighted by molar-refractivity contribution is 5.75. The fraction of sp³-hybridized carbons (Fsp3) is 0.125. The van der Waals surface area contributed by atoms with Crippen LogP contribution < -0.4 is 0 Å². The lowest BCUT2D eigenvalue weighted by molar-refractivity contribution is 0.623. The summed E-state index contributed by atoms with van der Waals surface area (Å²) < 4.78 is 14.5. The van der Waals surface area contributed by atoms with Gasteiger partial charge in [-0.15, -0.1) is 0 Å². The van der Waals surface area contributed by atoms with Crippen LogP contribution >= 0.6 is 0 Å². The second-order valence-corrected chi connectivity index (χ2v) is 2.48. The van der Waals surface area contributed by atoms with Gasteiger partial charge in [-0.3, -0.25) is 4.98 Å². The number of halogens is 1. The quantitative estimate of drug-likeness (QED) is 0.559. The van der Waals surface area contributed by atoms with E-state index in [0.717, 1.165) is 11.0 Å². The Morgan fingerprint density at radius 1 is 1.55 bits per heavy atom. The highest BCUT2D eigenvalue weighted by atomic mass is 19.1. The Bertz CT molecular complexity index is 392. The van der Waals surface area contributed by atoms with E-state index in [1.807, 2.05) is 23.9 Å². The van der Waals surface area contributed by atoms with Gasteiger partial charge in [0.05, 0.1) is 17.2 Å². The maximum Gasteiger partial charge on any atom is 0.143 e. The van der Waals surface area contributed by atoms with Crippen molar-refractivity contribution in [3.8, 4) is 0 Å². The van der Waals surface area contributed by atoms with E-state index in [2.05, 4.69) is 4.98 Å². The standard InChI is InChI=1S/C8H7FN2/c1-11-3-2-7-8(11)4-6(9)5-10-7/h2-5H,1H3. The minimum Gasteiger partial charge on any atom is -0.349 e. The van der Waals surface area contributed by atoms with Crippen LogP contribution in [-0.2, 0) is 7.05 Å². The molecule has 3 heteroatoms. The van der Waals surface area contributed by atoms with Crippen molar-refractivity contribution in [1.82, 2.24) is 9.55 Å². The molecule has 0 unspecified atom stereocenters. The molecule has 0 saturated heterocycles. The lowest BCUT2D eigenvalue weighted by atomic mass is 10.4. The van der Waals surface area contributed by atoms with E-state index in [9.17, 15) is 4.39 Å². The van der Waals surface area contributed by atoms with Gasteiger partial charge in [-0.2, -0.15) is 0 Å². The smallest absolute Gasteiger partial charge is 0.143 e. The number of rotatable bonds is 0. The van der Waals surface area contributed by atoms with Gasteiger partial charge in [-0.1, -0.05) is 0 Å². The normalized spacial score (nSPS) is 10.7. The zero-order valence-electron chi connectivity index (χ0n) is 6.08. The van der Waals surface area contributed by atoms with Gasteiger partial charge in [0.15, 0.2) is 0 Å². The first-order valence-corrected chi connectivity index (χ1v) is 3.34. The first-order valence-electron chi connectivity index (χ1n) is 3.34. The molecule has 56 valence electrons. The topological polar surface area (TPSA) is 17.8 Å². The number of nitrogens with zero attached hydrogens (tertiary/aromatic N) is 2. The molecule has 0 saturated carbocycles. The largest absolute Gasteiger partial charge is 0.349 e. The van der Waals surface area contributed by atoms with Gasteiger partial charge in [0.1, 0.15) is 5.82 Å². The maximum atomic E-state index is 12.6. The number of pyridine rings is 1. The number of hydrogen-bond donors (Lipinski definition) is 0. The Morgan fingerprint density at radius 3 is 3.18 bits per heavy atom. The minimum atomic E-state index is -0.292. The molecule has 2 aromatic rings. The zero-order chi connectivity index (χ0) is 7.84. The SMILES string of the molecule is Cn1ccc2ncc(F)cc21. The van der Waals surface area contributed by atoms with Gasteiger partial charge in [0.2, 0.25) is 0 Å². The van der Waals surface area contributed by atoms with Crippen molar-refractivity contribution >= 4 is 11.0 Å². The first-order chi connectivity index (χ1) is 5.27. The van der Waals surface area contributed by atoms with Crippen molar-refractivity contribution in [1.29, 1.82) is 0 Å². The summed E-state index contributed by atoms with van der Waals surface area (Å²) in [5.41, 5.74) is 1.65. The highest BCUT2D eigenvalue weighted by Crippen LogP contribution is 2.12. The Kier molecular flexibility index (Phi) is 1.18. The average molecular weight is 150 g/mol. The molecule has 0 fully saturated rings. The van der Waals surface area contributed by atoms with Gasteiger partial charge in [0, 0.05) is 19.3 Å². The number of hydrogen-bond acceptors (Lipinski definition) is 1. The van der Waals surface area contributed by atoms with E-state index in [1.165, 1.54) is 12.3 Å². The third-order valence-electron chi connectivity index (χ3n) is 1.70. The molecule has 2 rings (SSSR count). The van der Waals surface area contributed by atoms with Gasteiger partial charge in [0.25, 0.3) is 0 Å². The van der Waals surface area contributed by atoms with E-state index in [0.29, 0.717) is 0 Å². The average Bonchev–Trinajstić information content (AvgIpc) is 2.33. The molecule has 0 amide bonds. The van der Waals surface area contributed by atoms with Crippen molar-refractivity contribution in [2.75, 3.05) is 0 Å². The molecule has 11 heavy (non-hydrogen) atoms. The second kappa shape index (κ2) is 2.05. The van der Waals surface area contributed by atoms with Crippen molar-refractivity contribution in [2.24, 2.45) is 7.05 Å². The lowest BCUT2D eigenvalue weighted by Crippen LogP contribution is -1.85. The summed E-state index contributed by atoms with van der Waals surface area (Å²) >= 11 is 0. The maximum absolute atomic E-state index is 12.6. The van der Waals surface area contributed by atoms with Gasteiger partial charge >= 0.3 is 0 Å². The van der Waals surface area contributed by atoms with E-state index < -0.39 is 0 Å². The van der Waals surface area contributed by atoms with Crippen molar-refractivity contribution in [2.45, 2.75) is 0 Å². The molecule has 0 aromatic carbocycles. The second-order valence-electron chi connectivity index (χ2n) is 2.48. The van der Waals surface area contributed by atoms with Crippen LogP contribution in [0.15, 0.2) is 24.5 Å². The van der Waals surface area contributed by atoms with Crippen LogP contribution in [0.4, 0.5) is 4.39 Å². The van der Waals surface area contributed by atoms with E-state index in [-0.39, 0.29) is 5.82 Å². The summed E-state index contributed by atoms with van der Waals surface area (Å²) in [4.78, 5) is 3.91. The molecule has 2 nitrogen and oxygen atoms in total. The van der Waals surface area contributed by atoms with Gasteiger partial charge in [-0.25, -0.2) is 4.39 Å². The molecule has 0 atom stereocenters.